The summed E-state index contributed by atoms with van der Waals surface area (Å²) in [6, 6.07) is 5.65. The van der Waals surface area contributed by atoms with Crippen molar-refractivity contribution in [3.8, 4) is 0 Å². The van der Waals surface area contributed by atoms with Crippen molar-refractivity contribution in [2.24, 2.45) is 5.92 Å². The van der Waals surface area contributed by atoms with E-state index in [9.17, 15) is 4.39 Å². The highest BCUT2D eigenvalue weighted by molar-refractivity contribution is 6.30. The number of nitrogens with zero attached hydrogens (tertiary/aromatic N) is 1. The Hall–Kier alpha value is -0.640. The monoisotopic (exact) mass is 282 g/mol. The Morgan fingerprint density at radius 2 is 2.00 bits per heavy atom. The Bertz CT molecular complexity index is 442. The quantitative estimate of drug-likeness (QED) is 0.916. The number of nitrogens with one attached hydrogen (secondary N) is 1. The van der Waals surface area contributed by atoms with Gasteiger partial charge in [-0.1, -0.05) is 24.1 Å². The van der Waals surface area contributed by atoms with Crippen LogP contribution in [0.4, 0.5) is 4.39 Å². The molecular weight excluding hydrogens is 263 g/mol. The fourth-order valence-electron chi connectivity index (χ4n) is 3.19. The molecule has 1 aliphatic heterocycles. The first-order valence-corrected chi connectivity index (χ1v) is 7.53. The van der Waals surface area contributed by atoms with Gasteiger partial charge in [-0.2, -0.15) is 0 Å². The average Bonchev–Trinajstić information content (AvgIpc) is 2.38. The molecule has 0 spiro atoms. The van der Waals surface area contributed by atoms with E-state index in [0.29, 0.717) is 12.0 Å². The zero-order chi connectivity index (χ0) is 13.2. The summed E-state index contributed by atoms with van der Waals surface area (Å²) < 4.78 is 13.3. The van der Waals surface area contributed by atoms with E-state index < -0.39 is 0 Å². The SMILES string of the molecule is Fc1ccc([C@@H](C2CCC2)N2CCNCC2)cc1Cl. The molecule has 0 unspecified atom stereocenters. The maximum absolute atomic E-state index is 13.3. The molecule has 1 saturated carbocycles. The normalized spacial score (nSPS) is 23.1. The van der Waals surface area contributed by atoms with Crippen molar-refractivity contribution in [3.63, 3.8) is 0 Å². The van der Waals surface area contributed by atoms with Gasteiger partial charge in [0.2, 0.25) is 0 Å². The summed E-state index contributed by atoms with van der Waals surface area (Å²) >= 11 is 5.96. The summed E-state index contributed by atoms with van der Waals surface area (Å²) in [6.07, 6.45) is 3.88. The lowest BCUT2D eigenvalue weighted by molar-refractivity contribution is 0.0837. The summed E-state index contributed by atoms with van der Waals surface area (Å²) in [5.41, 5.74) is 1.18. The molecule has 0 aromatic heterocycles. The van der Waals surface area contributed by atoms with Gasteiger partial charge >= 0.3 is 0 Å². The maximum Gasteiger partial charge on any atom is 0.141 e. The summed E-state index contributed by atoms with van der Waals surface area (Å²) in [7, 11) is 0. The lowest BCUT2D eigenvalue weighted by Gasteiger charge is -2.43. The van der Waals surface area contributed by atoms with Gasteiger partial charge in [0.1, 0.15) is 5.82 Å². The molecule has 1 saturated heterocycles. The second-order valence-corrected chi connectivity index (χ2v) is 6.00. The van der Waals surface area contributed by atoms with Gasteiger partial charge in [0.05, 0.1) is 5.02 Å². The topological polar surface area (TPSA) is 15.3 Å². The van der Waals surface area contributed by atoms with Crippen LogP contribution in [-0.4, -0.2) is 31.1 Å². The van der Waals surface area contributed by atoms with Crippen molar-refractivity contribution < 1.29 is 4.39 Å². The Morgan fingerprint density at radius 1 is 1.26 bits per heavy atom. The van der Waals surface area contributed by atoms with Gasteiger partial charge in [0, 0.05) is 32.2 Å². The van der Waals surface area contributed by atoms with Gasteiger partial charge in [-0.05, 0) is 36.5 Å². The van der Waals surface area contributed by atoms with Crippen molar-refractivity contribution in [2.75, 3.05) is 26.2 Å². The molecule has 2 nitrogen and oxygen atoms in total. The van der Waals surface area contributed by atoms with Crippen LogP contribution in [-0.2, 0) is 0 Å². The highest BCUT2D eigenvalue weighted by atomic mass is 35.5. The predicted molar refractivity (Wildman–Crippen MR) is 75.9 cm³/mol. The van der Waals surface area contributed by atoms with Crippen LogP contribution in [0.1, 0.15) is 30.9 Å². The van der Waals surface area contributed by atoms with Gasteiger partial charge in [-0.25, -0.2) is 4.39 Å². The summed E-state index contributed by atoms with van der Waals surface area (Å²) in [6.45, 7) is 4.21. The molecule has 104 valence electrons. The van der Waals surface area contributed by atoms with Crippen molar-refractivity contribution in [1.29, 1.82) is 0 Å². The molecule has 19 heavy (non-hydrogen) atoms. The number of benzene rings is 1. The van der Waals surface area contributed by atoms with E-state index >= 15 is 0 Å². The second-order valence-electron chi connectivity index (χ2n) is 5.60. The first-order chi connectivity index (χ1) is 9.25. The van der Waals surface area contributed by atoms with Crippen LogP contribution >= 0.6 is 11.6 Å². The molecule has 1 aromatic carbocycles. The Labute approximate surface area is 118 Å². The molecule has 4 heteroatoms. The van der Waals surface area contributed by atoms with Gasteiger partial charge < -0.3 is 5.32 Å². The highest BCUT2D eigenvalue weighted by Crippen LogP contribution is 2.42. The van der Waals surface area contributed by atoms with E-state index in [1.165, 1.54) is 30.9 Å². The number of hydrogen-bond donors (Lipinski definition) is 1. The molecule has 1 atom stereocenters. The molecule has 1 aliphatic carbocycles. The minimum atomic E-state index is -0.321. The Balaban J connectivity index is 1.86. The van der Waals surface area contributed by atoms with Gasteiger partial charge in [0.25, 0.3) is 0 Å². The smallest absolute Gasteiger partial charge is 0.141 e. The highest BCUT2D eigenvalue weighted by Gasteiger charge is 2.33. The van der Waals surface area contributed by atoms with E-state index in [2.05, 4.69) is 10.2 Å². The lowest BCUT2D eigenvalue weighted by Crippen LogP contribution is -2.47. The van der Waals surface area contributed by atoms with E-state index in [1.54, 1.807) is 0 Å². The van der Waals surface area contributed by atoms with Gasteiger partial charge in [-0.3, -0.25) is 4.90 Å². The minimum Gasteiger partial charge on any atom is -0.314 e. The standard InChI is InChI=1S/C15H20ClFN2/c16-13-10-12(4-5-14(13)17)15(11-2-1-3-11)19-8-6-18-7-9-19/h4-5,10-11,15,18H,1-3,6-9H2/t15-/m1/s1. The van der Waals surface area contributed by atoms with E-state index in [0.717, 1.165) is 26.2 Å². The fraction of sp³-hybridized carbons (Fsp3) is 0.600. The second kappa shape index (κ2) is 5.78. The minimum absolute atomic E-state index is 0.247. The molecule has 3 rings (SSSR count). The van der Waals surface area contributed by atoms with Crippen LogP contribution in [0.15, 0.2) is 18.2 Å². The largest absolute Gasteiger partial charge is 0.314 e. The predicted octanol–water partition coefficient (Wildman–Crippen LogP) is 3.23. The molecule has 0 bridgehead atoms. The van der Waals surface area contributed by atoms with Crippen LogP contribution in [0.2, 0.25) is 5.02 Å². The van der Waals surface area contributed by atoms with E-state index in [-0.39, 0.29) is 10.8 Å². The Kier molecular flexibility index (Phi) is 4.06. The molecule has 0 radical (unpaired) electrons. The zero-order valence-corrected chi connectivity index (χ0v) is 11.8. The molecule has 1 aromatic rings. The van der Waals surface area contributed by atoms with Crippen LogP contribution in [0.25, 0.3) is 0 Å². The van der Waals surface area contributed by atoms with Crippen LogP contribution in [0, 0.1) is 11.7 Å². The fourth-order valence-corrected chi connectivity index (χ4v) is 3.38. The molecule has 0 amide bonds. The molecule has 2 aliphatic rings. The van der Waals surface area contributed by atoms with E-state index in [4.69, 9.17) is 11.6 Å². The van der Waals surface area contributed by atoms with E-state index in [1.807, 2.05) is 12.1 Å². The van der Waals surface area contributed by atoms with Crippen molar-refractivity contribution >= 4 is 11.6 Å². The van der Waals surface area contributed by atoms with Crippen molar-refractivity contribution in [1.82, 2.24) is 10.2 Å². The molecule has 1 heterocycles. The first-order valence-electron chi connectivity index (χ1n) is 7.15. The zero-order valence-electron chi connectivity index (χ0n) is 11.0. The Morgan fingerprint density at radius 3 is 2.58 bits per heavy atom. The molecule has 1 N–H and O–H groups in total. The number of rotatable bonds is 3. The lowest BCUT2D eigenvalue weighted by atomic mass is 9.76. The van der Waals surface area contributed by atoms with Gasteiger partial charge in [-0.15, -0.1) is 0 Å². The van der Waals surface area contributed by atoms with Crippen LogP contribution < -0.4 is 5.32 Å². The summed E-state index contributed by atoms with van der Waals surface area (Å²) in [5.74, 6) is 0.387. The average molecular weight is 283 g/mol. The molecule has 2 fully saturated rings. The third kappa shape index (κ3) is 2.78. The maximum atomic E-state index is 13.3. The van der Waals surface area contributed by atoms with Gasteiger partial charge in [0.15, 0.2) is 0 Å². The third-order valence-electron chi connectivity index (χ3n) is 4.43. The summed E-state index contributed by atoms with van der Waals surface area (Å²) in [5, 5.41) is 3.64. The number of piperazine rings is 1. The summed E-state index contributed by atoms with van der Waals surface area (Å²) in [4.78, 5) is 2.53. The number of hydrogen-bond acceptors (Lipinski definition) is 2. The van der Waals surface area contributed by atoms with Crippen molar-refractivity contribution in [3.05, 3.63) is 34.6 Å². The first kappa shape index (κ1) is 13.3. The van der Waals surface area contributed by atoms with Crippen molar-refractivity contribution in [2.45, 2.75) is 25.3 Å². The number of halogens is 2. The molecular formula is C15H20ClFN2. The van der Waals surface area contributed by atoms with Crippen LogP contribution in [0.3, 0.4) is 0 Å². The third-order valence-corrected chi connectivity index (χ3v) is 4.72. The van der Waals surface area contributed by atoms with Crippen LogP contribution in [0.5, 0.6) is 0 Å².